The van der Waals surface area contributed by atoms with Crippen LogP contribution in [0.25, 0.3) is 27.8 Å². The average molecular weight is 409 g/mol. The van der Waals surface area contributed by atoms with Crippen molar-refractivity contribution in [3.63, 3.8) is 0 Å². The van der Waals surface area contributed by atoms with Crippen LogP contribution in [-0.2, 0) is 20.9 Å². The summed E-state index contributed by atoms with van der Waals surface area (Å²) in [6.07, 6.45) is 3.23. The molecule has 1 amide bonds. The minimum absolute atomic E-state index is 0.0846. The summed E-state index contributed by atoms with van der Waals surface area (Å²) in [5, 5.41) is 15.2. The molecule has 6 nitrogen and oxygen atoms in total. The Labute approximate surface area is 179 Å². The predicted molar refractivity (Wildman–Crippen MR) is 120 cm³/mol. The first-order valence-corrected chi connectivity index (χ1v) is 9.65. The van der Waals surface area contributed by atoms with Gasteiger partial charge in [-0.2, -0.15) is 5.26 Å². The highest BCUT2D eigenvalue weighted by atomic mass is 16.5. The molecule has 0 aliphatic heterocycles. The number of fused-ring (bicyclic) bond motifs is 2. The molecule has 4 aromatic rings. The van der Waals surface area contributed by atoms with Crippen LogP contribution in [0.2, 0.25) is 0 Å². The van der Waals surface area contributed by atoms with Crippen LogP contribution < -0.4 is 5.32 Å². The molecule has 0 saturated heterocycles. The van der Waals surface area contributed by atoms with Gasteiger partial charge in [0.2, 0.25) is 5.91 Å². The Morgan fingerprint density at radius 1 is 1.06 bits per heavy atom. The topological polar surface area (TPSA) is 84.1 Å². The quantitative estimate of drug-likeness (QED) is 0.299. The molecule has 0 spiro atoms. The Hall–Kier alpha value is -4.37. The van der Waals surface area contributed by atoms with Crippen molar-refractivity contribution in [3.8, 4) is 6.07 Å². The Morgan fingerprint density at radius 2 is 1.81 bits per heavy atom. The number of rotatable bonds is 5. The molecule has 1 N–H and O–H groups in total. The standard InChI is InChI=1S/C25H19N3O3/c1-31-25(30)19(14-26)12-20-15-28(23-9-5-4-8-22(20)23)16-24(29)27-21-11-10-17-6-2-3-7-18(17)13-21/h2-13,15H,16H2,1H3,(H,27,29)/b19-12+. The van der Waals surface area contributed by atoms with Gasteiger partial charge in [-0.3, -0.25) is 4.79 Å². The zero-order valence-corrected chi connectivity index (χ0v) is 16.8. The number of carbonyl (C=O) groups is 2. The lowest BCUT2D eigenvalue weighted by atomic mass is 10.1. The maximum Gasteiger partial charge on any atom is 0.348 e. The highest BCUT2D eigenvalue weighted by Crippen LogP contribution is 2.24. The van der Waals surface area contributed by atoms with Crippen molar-refractivity contribution in [2.45, 2.75) is 6.54 Å². The third-order valence-corrected chi connectivity index (χ3v) is 4.99. The number of nitriles is 1. The summed E-state index contributed by atoms with van der Waals surface area (Å²) < 4.78 is 6.45. The average Bonchev–Trinajstić information content (AvgIpc) is 3.13. The number of aromatic nitrogens is 1. The highest BCUT2D eigenvalue weighted by Gasteiger charge is 2.14. The fraction of sp³-hybridized carbons (Fsp3) is 0.0800. The molecule has 0 radical (unpaired) electrons. The van der Waals surface area contributed by atoms with Gasteiger partial charge in [0.25, 0.3) is 0 Å². The molecular weight excluding hydrogens is 390 g/mol. The van der Waals surface area contributed by atoms with Gasteiger partial charge in [0.05, 0.1) is 7.11 Å². The smallest absolute Gasteiger partial charge is 0.348 e. The summed E-state index contributed by atoms with van der Waals surface area (Å²) in [6, 6.07) is 23.1. The minimum Gasteiger partial charge on any atom is -0.465 e. The number of hydrogen-bond acceptors (Lipinski definition) is 4. The van der Waals surface area contributed by atoms with Crippen molar-refractivity contribution in [2.24, 2.45) is 0 Å². The van der Waals surface area contributed by atoms with Gasteiger partial charge in [0, 0.05) is 28.4 Å². The largest absolute Gasteiger partial charge is 0.465 e. The lowest BCUT2D eigenvalue weighted by Gasteiger charge is -2.08. The molecule has 1 heterocycles. The van der Waals surface area contributed by atoms with Crippen molar-refractivity contribution in [3.05, 3.63) is 84.1 Å². The van der Waals surface area contributed by atoms with Crippen LogP contribution in [0.15, 0.2) is 78.5 Å². The third kappa shape index (κ3) is 4.16. The number of para-hydroxylation sites is 1. The number of esters is 1. The van der Waals surface area contributed by atoms with E-state index in [-0.39, 0.29) is 18.0 Å². The molecule has 0 saturated carbocycles. The zero-order valence-electron chi connectivity index (χ0n) is 16.8. The fourth-order valence-electron chi connectivity index (χ4n) is 3.55. The summed E-state index contributed by atoms with van der Waals surface area (Å²) in [6.45, 7) is 0.0846. The van der Waals surface area contributed by atoms with E-state index in [1.54, 1.807) is 10.8 Å². The Bertz CT molecular complexity index is 1380. The molecule has 0 fully saturated rings. The molecule has 3 aromatic carbocycles. The summed E-state index contributed by atoms with van der Waals surface area (Å²) in [5.74, 6) is -0.881. The Kier molecular flexibility index (Phi) is 5.50. The van der Waals surface area contributed by atoms with Crippen LogP contribution in [0.4, 0.5) is 5.69 Å². The van der Waals surface area contributed by atoms with E-state index in [4.69, 9.17) is 0 Å². The molecule has 31 heavy (non-hydrogen) atoms. The van der Waals surface area contributed by atoms with Crippen LogP contribution in [0.3, 0.4) is 0 Å². The number of nitrogens with zero attached hydrogens (tertiary/aromatic N) is 2. The molecule has 0 atom stereocenters. The molecular formula is C25H19N3O3. The SMILES string of the molecule is COC(=O)/C(C#N)=C/c1cn(CC(=O)Nc2ccc3ccccc3c2)c2ccccc12. The maximum absolute atomic E-state index is 12.7. The van der Waals surface area contributed by atoms with Gasteiger partial charge < -0.3 is 14.6 Å². The van der Waals surface area contributed by atoms with E-state index in [9.17, 15) is 14.9 Å². The van der Waals surface area contributed by atoms with Crippen molar-refractivity contribution in [1.82, 2.24) is 4.57 Å². The van der Waals surface area contributed by atoms with Gasteiger partial charge in [0.1, 0.15) is 18.2 Å². The van der Waals surface area contributed by atoms with Crippen LogP contribution in [0.5, 0.6) is 0 Å². The van der Waals surface area contributed by atoms with E-state index in [0.29, 0.717) is 5.56 Å². The molecule has 0 aliphatic carbocycles. The molecule has 4 rings (SSSR count). The lowest BCUT2D eigenvalue weighted by molar-refractivity contribution is -0.135. The predicted octanol–water partition coefficient (Wildman–Crippen LogP) is 4.51. The summed E-state index contributed by atoms with van der Waals surface area (Å²) in [7, 11) is 1.23. The maximum atomic E-state index is 12.7. The number of ether oxygens (including phenoxy) is 1. The first-order chi connectivity index (χ1) is 15.1. The number of amides is 1. The first kappa shape index (κ1) is 19.9. The lowest BCUT2D eigenvalue weighted by Crippen LogP contribution is -2.18. The van der Waals surface area contributed by atoms with Crippen molar-refractivity contribution in [2.75, 3.05) is 12.4 Å². The summed E-state index contributed by atoms with van der Waals surface area (Å²) in [5.41, 5.74) is 2.10. The molecule has 0 aliphatic rings. The van der Waals surface area contributed by atoms with E-state index < -0.39 is 5.97 Å². The molecule has 1 aromatic heterocycles. The Balaban J connectivity index is 1.62. The van der Waals surface area contributed by atoms with Crippen LogP contribution in [0.1, 0.15) is 5.56 Å². The molecule has 0 bridgehead atoms. The van der Waals surface area contributed by atoms with Gasteiger partial charge >= 0.3 is 5.97 Å². The van der Waals surface area contributed by atoms with E-state index in [2.05, 4.69) is 10.1 Å². The summed E-state index contributed by atoms with van der Waals surface area (Å²) in [4.78, 5) is 24.5. The van der Waals surface area contributed by atoms with Gasteiger partial charge in [-0.1, -0.05) is 48.5 Å². The first-order valence-electron chi connectivity index (χ1n) is 9.65. The van der Waals surface area contributed by atoms with Crippen molar-refractivity contribution >= 4 is 45.3 Å². The van der Waals surface area contributed by atoms with E-state index in [1.807, 2.05) is 72.8 Å². The molecule has 0 unspecified atom stereocenters. The monoisotopic (exact) mass is 409 g/mol. The number of methoxy groups -OCH3 is 1. The number of anilines is 1. The van der Waals surface area contributed by atoms with Gasteiger partial charge in [-0.25, -0.2) is 4.79 Å². The third-order valence-electron chi connectivity index (χ3n) is 4.99. The Morgan fingerprint density at radius 3 is 2.58 bits per heavy atom. The normalized spacial score (nSPS) is 11.3. The number of carbonyl (C=O) groups excluding carboxylic acids is 2. The van der Waals surface area contributed by atoms with Crippen molar-refractivity contribution in [1.29, 1.82) is 5.26 Å². The van der Waals surface area contributed by atoms with Crippen LogP contribution in [0, 0.1) is 11.3 Å². The van der Waals surface area contributed by atoms with E-state index >= 15 is 0 Å². The minimum atomic E-state index is -0.701. The van der Waals surface area contributed by atoms with Gasteiger partial charge in [-0.05, 0) is 35.0 Å². The second-order valence-electron chi connectivity index (χ2n) is 7.00. The fourth-order valence-corrected chi connectivity index (χ4v) is 3.55. The number of nitrogens with one attached hydrogen (secondary N) is 1. The summed E-state index contributed by atoms with van der Waals surface area (Å²) >= 11 is 0. The second kappa shape index (κ2) is 8.56. The van der Waals surface area contributed by atoms with E-state index in [1.165, 1.54) is 13.2 Å². The van der Waals surface area contributed by atoms with Crippen molar-refractivity contribution < 1.29 is 14.3 Å². The zero-order chi connectivity index (χ0) is 21.8. The number of benzene rings is 3. The van der Waals surface area contributed by atoms with E-state index in [0.717, 1.165) is 27.4 Å². The molecule has 6 heteroatoms. The second-order valence-corrected chi connectivity index (χ2v) is 7.00. The highest BCUT2D eigenvalue weighted by molar-refractivity contribution is 6.01. The van der Waals surface area contributed by atoms with Crippen LogP contribution >= 0.6 is 0 Å². The van der Waals surface area contributed by atoms with Gasteiger partial charge in [0.15, 0.2) is 0 Å². The van der Waals surface area contributed by atoms with Gasteiger partial charge in [-0.15, -0.1) is 0 Å². The molecule has 152 valence electrons. The van der Waals surface area contributed by atoms with Crippen LogP contribution in [-0.4, -0.2) is 23.6 Å². The number of hydrogen-bond donors (Lipinski definition) is 1.